The molecule has 0 radical (unpaired) electrons. The Bertz CT molecular complexity index is 285. The molecule has 0 saturated carbocycles. The Labute approximate surface area is 101 Å². The normalized spacial score (nSPS) is 33.5. The summed E-state index contributed by atoms with van der Waals surface area (Å²) in [6, 6.07) is 0.209. The molecule has 94 valence electrons. The molecule has 1 aliphatic heterocycles. The smallest absolute Gasteiger partial charge is 0.0312 e. The fraction of sp³-hybridized carbons (Fsp3) is 0.857. The average molecular weight is 224 g/mol. The van der Waals surface area contributed by atoms with Crippen molar-refractivity contribution in [2.24, 2.45) is 11.7 Å². The van der Waals surface area contributed by atoms with Crippen molar-refractivity contribution in [3.63, 3.8) is 0 Å². The molecule has 0 bridgehead atoms. The summed E-state index contributed by atoms with van der Waals surface area (Å²) in [7, 11) is 2.19. The maximum absolute atomic E-state index is 6.43. The minimum Gasteiger partial charge on any atom is -0.326 e. The lowest BCUT2D eigenvalue weighted by Gasteiger charge is -2.56. The highest BCUT2D eigenvalue weighted by atomic mass is 15.3. The second kappa shape index (κ2) is 4.15. The molecule has 2 N–H and O–H groups in total. The first-order valence-electron chi connectivity index (χ1n) is 6.23. The molecule has 16 heavy (non-hydrogen) atoms. The number of nitrogens with zero attached hydrogens (tertiary/aromatic N) is 1. The van der Waals surface area contributed by atoms with Gasteiger partial charge in [0.2, 0.25) is 0 Å². The van der Waals surface area contributed by atoms with Gasteiger partial charge < -0.3 is 5.73 Å². The van der Waals surface area contributed by atoms with Gasteiger partial charge >= 0.3 is 0 Å². The van der Waals surface area contributed by atoms with Gasteiger partial charge in [-0.2, -0.15) is 0 Å². The van der Waals surface area contributed by atoms with Crippen molar-refractivity contribution in [2.75, 3.05) is 7.05 Å². The molecular formula is C14H28N2. The third kappa shape index (κ3) is 2.33. The first-order chi connectivity index (χ1) is 7.09. The van der Waals surface area contributed by atoms with Crippen molar-refractivity contribution >= 4 is 0 Å². The van der Waals surface area contributed by atoms with E-state index in [1.165, 1.54) is 5.57 Å². The highest BCUT2D eigenvalue weighted by Gasteiger charge is 2.47. The van der Waals surface area contributed by atoms with Crippen LogP contribution in [0, 0.1) is 5.92 Å². The van der Waals surface area contributed by atoms with Crippen LogP contribution in [0.15, 0.2) is 11.6 Å². The van der Waals surface area contributed by atoms with Crippen LogP contribution in [0.25, 0.3) is 0 Å². The van der Waals surface area contributed by atoms with E-state index in [9.17, 15) is 0 Å². The number of nitrogens with two attached hydrogens (primary N) is 1. The van der Waals surface area contributed by atoms with Gasteiger partial charge in [0, 0.05) is 17.1 Å². The molecule has 1 saturated heterocycles. The molecule has 1 aliphatic rings. The number of piperidine rings is 1. The van der Waals surface area contributed by atoms with Gasteiger partial charge in [-0.3, -0.25) is 4.90 Å². The van der Waals surface area contributed by atoms with Crippen molar-refractivity contribution < 1.29 is 0 Å². The predicted octanol–water partition coefficient (Wildman–Crippen LogP) is 2.79. The van der Waals surface area contributed by atoms with Gasteiger partial charge in [0.1, 0.15) is 0 Å². The molecule has 2 unspecified atom stereocenters. The summed E-state index contributed by atoms with van der Waals surface area (Å²) in [6.07, 6.45) is 3.49. The fourth-order valence-corrected chi connectivity index (χ4v) is 2.96. The summed E-state index contributed by atoms with van der Waals surface area (Å²) in [5, 5.41) is 0. The van der Waals surface area contributed by atoms with E-state index < -0.39 is 0 Å². The molecule has 0 spiro atoms. The van der Waals surface area contributed by atoms with Crippen molar-refractivity contribution in [3.8, 4) is 0 Å². The molecule has 2 nitrogen and oxygen atoms in total. The lowest BCUT2D eigenvalue weighted by Crippen LogP contribution is -2.68. The summed E-state index contributed by atoms with van der Waals surface area (Å²) in [5.41, 5.74) is 8.07. The van der Waals surface area contributed by atoms with E-state index in [-0.39, 0.29) is 17.1 Å². The van der Waals surface area contributed by atoms with Gasteiger partial charge in [-0.05, 0) is 60.9 Å². The second-order valence-corrected chi connectivity index (χ2v) is 6.66. The molecule has 2 heteroatoms. The van der Waals surface area contributed by atoms with Crippen molar-refractivity contribution in [1.29, 1.82) is 0 Å². The molecule has 1 heterocycles. The summed E-state index contributed by atoms with van der Waals surface area (Å²) in [6.45, 7) is 13.4. The number of hydrogen-bond donors (Lipinski definition) is 1. The van der Waals surface area contributed by atoms with Crippen LogP contribution in [0.5, 0.6) is 0 Å². The van der Waals surface area contributed by atoms with Gasteiger partial charge in [-0.1, -0.05) is 11.6 Å². The molecule has 0 aromatic carbocycles. The standard InChI is InChI=1S/C14H28N2/c1-10(2)8-11-9-13(3,4)16(7)14(5,6)12(11)15/h8,11-12H,9,15H2,1-7H3. The lowest BCUT2D eigenvalue weighted by atomic mass is 9.70. The van der Waals surface area contributed by atoms with Gasteiger partial charge in [0.05, 0.1) is 0 Å². The average Bonchev–Trinajstić information content (AvgIpc) is 2.11. The second-order valence-electron chi connectivity index (χ2n) is 6.66. The predicted molar refractivity (Wildman–Crippen MR) is 71.4 cm³/mol. The SMILES string of the molecule is CC(C)=CC1CC(C)(C)N(C)C(C)(C)C1N. The molecule has 2 atom stereocenters. The highest BCUT2D eigenvalue weighted by molar-refractivity contribution is 5.13. The van der Waals surface area contributed by atoms with Crippen LogP contribution in [0.3, 0.4) is 0 Å². The quantitative estimate of drug-likeness (QED) is 0.694. The number of allylic oxidation sites excluding steroid dienone is 1. The Kier molecular flexibility index (Phi) is 3.56. The van der Waals surface area contributed by atoms with Crippen LogP contribution in [-0.4, -0.2) is 29.1 Å². The number of hydrogen-bond acceptors (Lipinski definition) is 2. The lowest BCUT2D eigenvalue weighted by molar-refractivity contribution is -0.0351. The molecule has 0 aromatic rings. The summed E-state index contributed by atoms with van der Waals surface area (Å²) in [4.78, 5) is 2.43. The molecule has 0 aromatic heterocycles. The Morgan fingerprint density at radius 1 is 1.25 bits per heavy atom. The maximum Gasteiger partial charge on any atom is 0.0312 e. The van der Waals surface area contributed by atoms with Crippen LogP contribution < -0.4 is 5.73 Å². The first-order valence-corrected chi connectivity index (χ1v) is 6.23. The highest BCUT2D eigenvalue weighted by Crippen LogP contribution is 2.40. The van der Waals surface area contributed by atoms with Crippen LogP contribution in [0.2, 0.25) is 0 Å². The third-order valence-electron chi connectivity index (χ3n) is 4.33. The van der Waals surface area contributed by atoms with Gasteiger partial charge in [0.25, 0.3) is 0 Å². The summed E-state index contributed by atoms with van der Waals surface area (Å²) < 4.78 is 0. The van der Waals surface area contributed by atoms with Crippen molar-refractivity contribution in [2.45, 2.75) is 65.1 Å². The van der Waals surface area contributed by atoms with E-state index in [1.807, 2.05) is 0 Å². The van der Waals surface area contributed by atoms with Crippen LogP contribution >= 0.6 is 0 Å². The zero-order valence-corrected chi connectivity index (χ0v) is 12.0. The van der Waals surface area contributed by atoms with E-state index >= 15 is 0 Å². The maximum atomic E-state index is 6.43. The van der Waals surface area contributed by atoms with Crippen LogP contribution in [-0.2, 0) is 0 Å². The van der Waals surface area contributed by atoms with Gasteiger partial charge in [-0.25, -0.2) is 0 Å². The van der Waals surface area contributed by atoms with E-state index in [2.05, 4.69) is 59.6 Å². The van der Waals surface area contributed by atoms with E-state index in [1.54, 1.807) is 0 Å². The number of likely N-dealkylation sites (tertiary alicyclic amines) is 1. The molecule has 0 amide bonds. The topological polar surface area (TPSA) is 29.3 Å². The Balaban J connectivity index is 3.05. The molecule has 1 fully saturated rings. The third-order valence-corrected chi connectivity index (χ3v) is 4.33. The summed E-state index contributed by atoms with van der Waals surface area (Å²) in [5.74, 6) is 0.492. The number of likely N-dealkylation sites (N-methyl/N-ethyl adjacent to an activating group) is 1. The first kappa shape index (κ1) is 13.7. The van der Waals surface area contributed by atoms with Crippen LogP contribution in [0.1, 0.15) is 48.0 Å². The molecule has 0 aliphatic carbocycles. The van der Waals surface area contributed by atoms with E-state index in [0.29, 0.717) is 5.92 Å². The molecular weight excluding hydrogens is 196 g/mol. The van der Waals surface area contributed by atoms with E-state index in [0.717, 1.165) is 6.42 Å². The zero-order valence-electron chi connectivity index (χ0n) is 12.0. The Morgan fingerprint density at radius 3 is 2.19 bits per heavy atom. The molecule has 1 rings (SSSR count). The number of rotatable bonds is 1. The Morgan fingerprint density at radius 2 is 1.75 bits per heavy atom. The zero-order chi connectivity index (χ0) is 12.7. The minimum atomic E-state index is 0.0539. The van der Waals surface area contributed by atoms with Gasteiger partial charge in [0.15, 0.2) is 0 Å². The monoisotopic (exact) mass is 224 g/mol. The van der Waals surface area contributed by atoms with Crippen molar-refractivity contribution in [3.05, 3.63) is 11.6 Å². The van der Waals surface area contributed by atoms with Crippen LogP contribution in [0.4, 0.5) is 0 Å². The fourth-order valence-electron chi connectivity index (χ4n) is 2.96. The Hall–Kier alpha value is -0.340. The van der Waals surface area contributed by atoms with Crippen molar-refractivity contribution in [1.82, 2.24) is 4.90 Å². The summed E-state index contributed by atoms with van der Waals surface area (Å²) >= 11 is 0. The van der Waals surface area contributed by atoms with E-state index in [4.69, 9.17) is 5.73 Å². The van der Waals surface area contributed by atoms with Gasteiger partial charge in [-0.15, -0.1) is 0 Å². The largest absolute Gasteiger partial charge is 0.326 e. The minimum absolute atomic E-state index is 0.0539.